The molecule has 4 aromatic rings. The van der Waals surface area contributed by atoms with Crippen LogP contribution in [0.3, 0.4) is 0 Å². The molecule has 1 aliphatic rings. The van der Waals surface area contributed by atoms with E-state index >= 15 is 0 Å². The van der Waals surface area contributed by atoms with Gasteiger partial charge in [-0.2, -0.15) is 0 Å². The molecule has 1 fully saturated rings. The quantitative estimate of drug-likeness (QED) is 0.280. The van der Waals surface area contributed by atoms with E-state index in [-0.39, 0.29) is 11.3 Å². The molecule has 1 aromatic heterocycles. The molecule has 0 bridgehead atoms. The van der Waals surface area contributed by atoms with Crippen LogP contribution in [0.25, 0.3) is 17.0 Å². The number of fused-ring (bicyclic) bond motifs is 1. The van der Waals surface area contributed by atoms with Gasteiger partial charge in [0.25, 0.3) is 11.8 Å². The summed E-state index contributed by atoms with van der Waals surface area (Å²) in [6.07, 6.45) is 3.25. The number of barbiturate groups is 1. The highest BCUT2D eigenvalue weighted by atomic mass is 35.5. The number of hydrogen-bond acceptors (Lipinski definition) is 3. The number of carbonyl (C=O) groups excluding carboxylic acids is 3. The van der Waals surface area contributed by atoms with Crippen molar-refractivity contribution in [3.8, 4) is 0 Å². The number of carbonyl (C=O) groups is 3. The second-order valence-electron chi connectivity index (χ2n) is 7.90. The molecule has 2 heterocycles. The van der Waals surface area contributed by atoms with Gasteiger partial charge in [0.05, 0.1) is 5.69 Å². The first-order chi connectivity index (χ1) is 16.8. The number of imide groups is 2. The number of halogens is 3. The third-order valence-corrected chi connectivity index (χ3v) is 6.25. The summed E-state index contributed by atoms with van der Waals surface area (Å²) in [5, 5.41) is 4.03. The second kappa shape index (κ2) is 9.02. The molecule has 5 rings (SSSR count). The van der Waals surface area contributed by atoms with Crippen molar-refractivity contribution in [1.82, 2.24) is 9.88 Å². The van der Waals surface area contributed by atoms with Gasteiger partial charge in [0.15, 0.2) is 0 Å². The number of rotatable bonds is 4. The number of nitrogens with one attached hydrogen (secondary N) is 1. The van der Waals surface area contributed by atoms with Crippen molar-refractivity contribution in [2.45, 2.75) is 6.54 Å². The highest BCUT2D eigenvalue weighted by Crippen LogP contribution is 2.29. The van der Waals surface area contributed by atoms with E-state index in [2.05, 4.69) is 5.32 Å². The molecule has 4 amide bonds. The van der Waals surface area contributed by atoms with Crippen LogP contribution in [0.5, 0.6) is 0 Å². The predicted octanol–water partition coefficient (Wildman–Crippen LogP) is 5.80. The summed E-state index contributed by atoms with van der Waals surface area (Å²) in [6.45, 7) is 0.431. The lowest BCUT2D eigenvalue weighted by molar-refractivity contribution is -0.122. The van der Waals surface area contributed by atoms with E-state index in [1.54, 1.807) is 12.1 Å². The van der Waals surface area contributed by atoms with Crippen molar-refractivity contribution in [2.75, 3.05) is 4.90 Å². The van der Waals surface area contributed by atoms with Gasteiger partial charge in [-0.1, -0.05) is 47.5 Å². The molecule has 1 aliphatic heterocycles. The number of amides is 4. The van der Waals surface area contributed by atoms with Gasteiger partial charge in [0.1, 0.15) is 11.4 Å². The van der Waals surface area contributed by atoms with Crippen LogP contribution in [0, 0.1) is 5.82 Å². The first-order valence-electron chi connectivity index (χ1n) is 10.5. The monoisotopic (exact) mass is 507 g/mol. The molecule has 174 valence electrons. The maximum Gasteiger partial charge on any atom is 0.335 e. The highest BCUT2D eigenvalue weighted by Gasteiger charge is 2.37. The van der Waals surface area contributed by atoms with Crippen molar-refractivity contribution in [3.63, 3.8) is 0 Å². The summed E-state index contributed by atoms with van der Waals surface area (Å²) in [5.41, 5.74) is 2.24. The number of para-hydroxylation sites is 1. The van der Waals surface area contributed by atoms with E-state index in [0.717, 1.165) is 33.5 Å². The Balaban J connectivity index is 1.57. The Bertz CT molecular complexity index is 1540. The number of benzene rings is 3. The smallest absolute Gasteiger partial charge is 0.335 e. The summed E-state index contributed by atoms with van der Waals surface area (Å²) in [4.78, 5) is 39.0. The summed E-state index contributed by atoms with van der Waals surface area (Å²) in [7, 11) is 0. The largest absolute Gasteiger partial charge is 0.342 e. The fourth-order valence-corrected chi connectivity index (χ4v) is 4.46. The van der Waals surface area contributed by atoms with Crippen LogP contribution < -0.4 is 10.2 Å². The summed E-state index contributed by atoms with van der Waals surface area (Å²) < 4.78 is 15.3. The van der Waals surface area contributed by atoms with E-state index in [9.17, 15) is 18.8 Å². The van der Waals surface area contributed by atoms with Gasteiger partial charge in [-0.15, -0.1) is 0 Å². The van der Waals surface area contributed by atoms with Gasteiger partial charge >= 0.3 is 6.03 Å². The van der Waals surface area contributed by atoms with Crippen molar-refractivity contribution in [1.29, 1.82) is 0 Å². The van der Waals surface area contributed by atoms with Gasteiger partial charge in [0.2, 0.25) is 0 Å². The molecule has 0 spiro atoms. The van der Waals surface area contributed by atoms with Gasteiger partial charge in [0, 0.05) is 39.3 Å². The Kier molecular flexibility index (Phi) is 5.88. The number of aromatic nitrogens is 1. The molecule has 3 aromatic carbocycles. The van der Waals surface area contributed by atoms with Crippen LogP contribution in [0.2, 0.25) is 10.0 Å². The van der Waals surface area contributed by atoms with E-state index in [4.69, 9.17) is 23.2 Å². The third kappa shape index (κ3) is 4.32. The van der Waals surface area contributed by atoms with Crippen LogP contribution in [0.1, 0.15) is 11.1 Å². The van der Waals surface area contributed by atoms with Crippen molar-refractivity contribution in [2.24, 2.45) is 0 Å². The molecule has 1 N–H and O–H groups in total. The van der Waals surface area contributed by atoms with Crippen molar-refractivity contribution >= 4 is 63.7 Å². The van der Waals surface area contributed by atoms with Gasteiger partial charge in [-0.05, 0) is 54.1 Å². The van der Waals surface area contributed by atoms with Crippen LogP contribution >= 0.6 is 23.2 Å². The van der Waals surface area contributed by atoms with Crippen molar-refractivity contribution in [3.05, 3.63) is 105 Å². The lowest BCUT2D eigenvalue weighted by Gasteiger charge is -2.26. The molecular formula is C26H16Cl2FN3O3. The molecule has 35 heavy (non-hydrogen) atoms. The van der Waals surface area contributed by atoms with Gasteiger partial charge in [-0.3, -0.25) is 14.9 Å². The number of hydrogen-bond donors (Lipinski definition) is 1. The highest BCUT2D eigenvalue weighted by molar-refractivity contribution is 6.39. The van der Waals surface area contributed by atoms with E-state index in [1.165, 1.54) is 18.2 Å². The molecule has 9 heteroatoms. The molecule has 1 saturated heterocycles. The molecule has 0 aliphatic carbocycles. The minimum atomic E-state index is -0.899. The summed E-state index contributed by atoms with van der Waals surface area (Å²) >= 11 is 12.4. The van der Waals surface area contributed by atoms with Crippen LogP contribution in [0.15, 0.2) is 78.5 Å². The Morgan fingerprint density at radius 2 is 1.69 bits per heavy atom. The zero-order chi connectivity index (χ0) is 24.7. The predicted molar refractivity (Wildman–Crippen MR) is 133 cm³/mol. The van der Waals surface area contributed by atoms with E-state index in [0.29, 0.717) is 22.2 Å². The molecular weight excluding hydrogens is 492 g/mol. The second-order valence-corrected chi connectivity index (χ2v) is 8.74. The van der Waals surface area contributed by atoms with Crippen LogP contribution in [0.4, 0.5) is 14.9 Å². The maximum absolute atomic E-state index is 13.3. The SMILES string of the molecule is O=C1NC(=O)N(c2ccc(F)cc2)C(=O)/C1=C/c1cn(Cc2ccc(Cl)cc2Cl)c2ccccc12. The Hall–Kier alpha value is -3.94. The van der Waals surface area contributed by atoms with Crippen LogP contribution in [-0.4, -0.2) is 22.4 Å². The molecule has 0 unspecified atom stereocenters. The zero-order valence-electron chi connectivity index (χ0n) is 18.0. The Labute approximate surface area is 209 Å². The molecule has 0 atom stereocenters. The lowest BCUT2D eigenvalue weighted by atomic mass is 10.1. The third-order valence-electron chi connectivity index (χ3n) is 5.66. The average molecular weight is 508 g/mol. The normalized spacial score (nSPS) is 15.2. The molecule has 6 nitrogen and oxygen atoms in total. The summed E-state index contributed by atoms with van der Waals surface area (Å²) in [6, 6.07) is 16.7. The topological polar surface area (TPSA) is 71.4 Å². The number of anilines is 1. The number of urea groups is 1. The average Bonchev–Trinajstić information content (AvgIpc) is 3.17. The van der Waals surface area contributed by atoms with Crippen molar-refractivity contribution < 1.29 is 18.8 Å². The minimum absolute atomic E-state index is 0.145. The molecule has 0 radical (unpaired) electrons. The van der Waals surface area contributed by atoms with E-state index in [1.807, 2.05) is 41.1 Å². The minimum Gasteiger partial charge on any atom is -0.342 e. The maximum atomic E-state index is 13.3. The van der Waals surface area contributed by atoms with Crippen LogP contribution in [-0.2, 0) is 16.1 Å². The fraction of sp³-hybridized carbons (Fsp3) is 0.0385. The first kappa shape index (κ1) is 22.8. The molecule has 0 saturated carbocycles. The Morgan fingerprint density at radius 1 is 0.943 bits per heavy atom. The lowest BCUT2D eigenvalue weighted by Crippen LogP contribution is -2.54. The Morgan fingerprint density at radius 3 is 2.43 bits per heavy atom. The zero-order valence-corrected chi connectivity index (χ0v) is 19.5. The standard InChI is InChI=1S/C26H16Cl2FN3O3/c27-17-6-5-15(22(28)12-17)13-31-14-16(20-3-1-2-4-23(20)31)11-21-24(33)30-26(35)32(25(21)34)19-9-7-18(29)8-10-19/h1-12,14H,13H2,(H,30,33,35)/b21-11+. The van der Waals surface area contributed by atoms with Gasteiger partial charge in [-0.25, -0.2) is 14.1 Å². The fourth-order valence-electron chi connectivity index (χ4n) is 3.99. The van der Waals surface area contributed by atoms with Gasteiger partial charge < -0.3 is 4.57 Å². The summed E-state index contributed by atoms with van der Waals surface area (Å²) in [5.74, 6) is -2.13. The number of nitrogens with zero attached hydrogens (tertiary/aromatic N) is 2. The first-order valence-corrected chi connectivity index (χ1v) is 11.3. The van der Waals surface area contributed by atoms with E-state index < -0.39 is 23.7 Å².